The molecular weight excluding hydrogens is 866 g/mol. The van der Waals surface area contributed by atoms with Crippen LogP contribution in [0.3, 0.4) is 0 Å². The maximum atomic E-state index is 14.6. The number of aryl methyl sites for hydroxylation is 1. The molecule has 66 heavy (non-hydrogen) atoms. The molecular formula is C48H58ClN9O8. The van der Waals surface area contributed by atoms with Crippen LogP contribution in [0.25, 0.3) is 11.1 Å². The lowest BCUT2D eigenvalue weighted by Crippen LogP contribution is -2.56. The van der Waals surface area contributed by atoms with E-state index in [2.05, 4.69) is 28.2 Å². The second-order valence-corrected chi connectivity index (χ2v) is 16.1. The highest BCUT2D eigenvalue weighted by Gasteiger charge is 2.36. The van der Waals surface area contributed by atoms with E-state index in [1.807, 2.05) is 30.3 Å². The summed E-state index contributed by atoms with van der Waals surface area (Å²) >= 11 is 6.63. The van der Waals surface area contributed by atoms with E-state index in [-0.39, 0.29) is 62.8 Å². The van der Waals surface area contributed by atoms with Gasteiger partial charge in [0.2, 0.25) is 23.6 Å². The Bertz CT molecular complexity index is 2390. The first-order valence-corrected chi connectivity index (χ1v) is 22.2. The molecule has 0 saturated carbocycles. The Kier molecular flexibility index (Phi) is 18.7. The van der Waals surface area contributed by atoms with Gasteiger partial charge in [0, 0.05) is 43.8 Å². The Morgan fingerprint density at radius 1 is 0.879 bits per heavy atom. The maximum absolute atomic E-state index is 14.6. The van der Waals surface area contributed by atoms with Crippen molar-refractivity contribution >= 4 is 41.1 Å². The van der Waals surface area contributed by atoms with E-state index in [9.17, 15) is 24.0 Å². The van der Waals surface area contributed by atoms with E-state index < -0.39 is 53.7 Å². The first kappa shape index (κ1) is 50.3. The molecule has 1 heterocycles. The molecule has 17 nitrogen and oxygen atoms in total. The van der Waals surface area contributed by atoms with Crippen molar-refractivity contribution in [1.29, 1.82) is 5.26 Å². The molecule has 4 bridgehead atoms. The summed E-state index contributed by atoms with van der Waals surface area (Å²) in [6.45, 7) is 3.90. The van der Waals surface area contributed by atoms with E-state index in [1.54, 1.807) is 42.5 Å². The summed E-state index contributed by atoms with van der Waals surface area (Å²) in [6, 6.07) is 19.3. The van der Waals surface area contributed by atoms with Gasteiger partial charge in [-0.3, -0.25) is 24.0 Å². The number of rotatable bonds is 19. The number of halogens is 1. The van der Waals surface area contributed by atoms with Crippen LogP contribution in [0, 0.1) is 11.3 Å². The van der Waals surface area contributed by atoms with Gasteiger partial charge in [0.15, 0.2) is 0 Å². The molecule has 4 aromatic carbocycles. The molecule has 0 aromatic heterocycles. The average Bonchev–Trinajstić information content (AvgIpc) is 3.31. The first-order valence-electron chi connectivity index (χ1n) is 21.8. The monoisotopic (exact) mass is 923 g/mol. The molecule has 350 valence electrons. The van der Waals surface area contributed by atoms with Gasteiger partial charge < -0.3 is 57.6 Å². The maximum Gasteiger partial charge on any atom is 0.253 e. The number of ether oxygens (including phenoxy) is 3. The number of nitriles is 1. The number of amides is 5. The molecule has 1 aliphatic rings. The number of nitrogens with zero attached hydrogens (tertiary/aromatic N) is 2. The number of likely N-dealkylation sites (N-methyl/N-ethyl adjacent to an activating group) is 1. The van der Waals surface area contributed by atoms with Crippen molar-refractivity contribution < 1.29 is 38.2 Å². The summed E-state index contributed by atoms with van der Waals surface area (Å²) in [5.41, 5.74) is 20.8. The van der Waals surface area contributed by atoms with E-state index >= 15 is 0 Å². The number of carbonyl (C=O) groups excluding carboxylic acids is 5. The van der Waals surface area contributed by atoms with Gasteiger partial charge in [0.05, 0.1) is 16.7 Å². The largest absolute Gasteiger partial charge is 0.492 e. The van der Waals surface area contributed by atoms with Gasteiger partial charge in [-0.15, -0.1) is 0 Å². The smallest absolute Gasteiger partial charge is 0.253 e. The topological polar surface area (TPSA) is 266 Å². The fraction of sp³-hybridized carbons (Fsp3) is 0.375. The van der Waals surface area contributed by atoms with E-state index in [0.717, 1.165) is 19.3 Å². The van der Waals surface area contributed by atoms with Gasteiger partial charge in [-0.2, -0.15) is 5.26 Å². The standard InChI is InChI=1S/C48H58ClN9O8/c1-4-5-6-30-7-11-33(12-8-30)66-34-13-14-35(38(49)28-34)45(60)56-39(17-18-50)48(63)58(3)43-32-10-16-42(65-24-21-53)37(27-32)36-25-31(9-15-41(36)64-23-20-52)26-40(46(61)54-22-19-51)57-44(59)29(2)55-47(43)62/h7-16,25,27-29,39-40,43H,4-6,17-18,20-24,26,50,52-53H2,1-3H3,(H,54,61)(H,55,62)(H,56,60)(H,57,59)/t29-,39?,40-,43-/m0/s1. The fourth-order valence-corrected chi connectivity index (χ4v) is 7.61. The van der Waals surface area contributed by atoms with Crippen LogP contribution in [-0.2, 0) is 32.0 Å². The average molecular weight is 924 g/mol. The van der Waals surface area contributed by atoms with E-state index in [4.69, 9.17) is 48.3 Å². The molecule has 4 aromatic rings. The minimum absolute atomic E-state index is 0.00257. The molecule has 5 amide bonds. The highest BCUT2D eigenvalue weighted by Crippen LogP contribution is 2.40. The van der Waals surface area contributed by atoms with Crippen LogP contribution in [0.2, 0.25) is 5.02 Å². The first-order chi connectivity index (χ1) is 31.8. The summed E-state index contributed by atoms with van der Waals surface area (Å²) in [5.74, 6) is -1.70. The number of hydrogen-bond acceptors (Lipinski definition) is 12. The summed E-state index contributed by atoms with van der Waals surface area (Å²) in [4.78, 5) is 71.2. The number of benzene rings is 4. The van der Waals surface area contributed by atoms with Gasteiger partial charge in [-0.1, -0.05) is 49.2 Å². The Balaban J connectivity index is 1.51. The number of unbranched alkanes of at least 4 members (excludes halogenated alkanes) is 1. The lowest BCUT2D eigenvalue weighted by molar-refractivity contribution is -0.141. The van der Waals surface area contributed by atoms with Crippen LogP contribution in [-0.4, -0.2) is 99.0 Å². The number of nitrogens with one attached hydrogen (secondary N) is 4. The van der Waals surface area contributed by atoms with E-state index in [1.165, 1.54) is 36.6 Å². The van der Waals surface area contributed by atoms with Gasteiger partial charge in [0.25, 0.3) is 5.91 Å². The SMILES string of the molecule is CCCCc1ccc(Oc2ccc(C(=O)NC(CCN)C(=O)N(C)[C@@H]3C(=O)N[C@@H](C)C(=O)N[C@H](C(=O)NCC#N)Cc4ccc(OCCN)c(c4)-c4cc3ccc4OCCN)c(Cl)c2)cc1. The van der Waals surface area contributed by atoms with Crippen LogP contribution < -0.4 is 52.7 Å². The van der Waals surface area contributed by atoms with Gasteiger partial charge in [-0.05, 0) is 98.0 Å². The third-order valence-electron chi connectivity index (χ3n) is 10.8. The number of nitrogens with two attached hydrogens (primary N) is 3. The van der Waals surface area contributed by atoms with Gasteiger partial charge in [-0.25, -0.2) is 0 Å². The van der Waals surface area contributed by atoms with E-state index in [0.29, 0.717) is 45.3 Å². The Morgan fingerprint density at radius 3 is 2.18 bits per heavy atom. The van der Waals surface area contributed by atoms with Crippen molar-refractivity contribution in [2.24, 2.45) is 17.2 Å². The van der Waals surface area contributed by atoms with Crippen LogP contribution in [0.1, 0.15) is 66.2 Å². The zero-order valence-corrected chi connectivity index (χ0v) is 38.1. The molecule has 0 radical (unpaired) electrons. The van der Waals surface area contributed by atoms with Crippen LogP contribution in [0.15, 0.2) is 78.9 Å². The molecule has 4 atom stereocenters. The molecule has 0 aliphatic carbocycles. The molecule has 1 unspecified atom stereocenters. The van der Waals surface area contributed by atoms with Crippen LogP contribution in [0.4, 0.5) is 0 Å². The molecule has 0 fully saturated rings. The zero-order valence-electron chi connectivity index (χ0n) is 37.4. The lowest BCUT2D eigenvalue weighted by atomic mass is 9.93. The summed E-state index contributed by atoms with van der Waals surface area (Å²) in [6.07, 6.45) is 3.13. The predicted molar refractivity (Wildman–Crippen MR) is 250 cm³/mol. The molecule has 0 saturated heterocycles. The second kappa shape index (κ2) is 24.5. The summed E-state index contributed by atoms with van der Waals surface area (Å²) < 4.78 is 18.2. The summed E-state index contributed by atoms with van der Waals surface area (Å²) in [7, 11) is 1.40. The number of hydrogen-bond donors (Lipinski definition) is 7. The predicted octanol–water partition coefficient (Wildman–Crippen LogP) is 3.65. The Hall–Kier alpha value is -6.71. The third kappa shape index (κ3) is 13.2. The highest BCUT2D eigenvalue weighted by molar-refractivity contribution is 6.34. The minimum Gasteiger partial charge on any atom is -0.492 e. The van der Waals surface area contributed by atoms with Crippen LogP contribution in [0.5, 0.6) is 23.0 Å². The minimum atomic E-state index is -1.41. The third-order valence-corrected chi connectivity index (χ3v) is 11.1. The number of carbonyl (C=O) groups is 5. The summed E-state index contributed by atoms with van der Waals surface area (Å²) in [5, 5.41) is 19.9. The molecule has 10 N–H and O–H groups in total. The number of fused-ring (bicyclic) bond motifs is 5. The molecule has 0 spiro atoms. The van der Waals surface area contributed by atoms with Crippen molar-refractivity contribution in [2.75, 3.05) is 46.4 Å². The fourth-order valence-electron chi connectivity index (χ4n) is 7.35. The Morgan fingerprint density at radius 2 is 1.55 bits per heavy atom. The van der Waals surface area contributed by atoms with Crippen molar-refractivity contribution in [3.63, 3.8) is 0 Å². The van der Waals surface area contributed by atoms with Crippen LogP contribution >= 0.6 is 11.6 Å². The molecule has 5 rings (SSSR count). The Labute approximate surface area is 389 Å². The van der Waals surface area contributed by atoms with Crippen molar-refractivity contribution in [2.45, 2.75) is 70.1 Å². The van der Waals surface area contributed by atoms with Crippen molar-refractivity contribution in [3.8, 4) is 40.2 Å². The normalized spacial score (nSPS) is 16.3. The second-order valence-electron chi connectivity index (χ2n) is 15.7. The molecule has 18 heteroatoms. The van der Waals surface area contributed by atoms with Gasteiger partial charge >= 0.3 is 0 Å². The van der Waals surface area contributed by atoms with Crippen molar-refractivity contribution in [3.05, 3.63) is 106 Å². The van der Waals surface area contributed by atoms with Gasteiger partial charge in [0.1, 0.15) is 66.9 Å². The quantitative estimate of drug-likeness (QED) is 0.0665. The highest BCUT2D eigenvalue weighted by atomic mass is 35.5. The zero-order chi connectivity index (χ0) is 47.8. The lowest BCUT2D eigenvalue weighted by Gasteiger charge is -2.32. The van der Waals surface area contributed by atoms with Crippen molar-refractivity contribution in [1.82, 2.24) is 26.2 Å². The molecule has 1 aliphatic heterocycles.